The van der Waals surface area contributed by atoms with E-state index in [0.29, 0.717) is 28.4 Å². The molecule has 0 bridgehead atoms. The van der Waals surface area contributed by atoms with Gasteiger partial charge in [0.1, 0.15) is 10.9 Å². The van der Waals surface area contributed by atoms with Crippen LogP contribution >= 0.6 is 18.9 Å². The monoisotopic (exact) mass is 401 g/mol. The van der Waals surface area contributed by atoms with Crippen molar-refractivity contribution in [3.8, 4) is 10.7 Å². The largest absolute Gasteiger partial charge is 0.382 e. The third kappa shape index (κ3) is 3.50. The zero-order valence-corrected chi connectivity index (χ0v) is 15.8. The minimum Gasteiger partial charge on any atom is -0.382 e. The van der Waals surface area contributed by atoms with Gasteiger partial charge in [-0.1, -0.05) is 30.3 Å². The number of nitrogens with zero attached hydrogens (tertiary/aromatic N) is 4. The molecule has 0 atom stereocenters. The minimum absolute atomic E-state index is 0.00165. The average Bonchev–Trinajstić information content (AvgIpc) is 3.26. The number of hydrogen-bond acceptors (Lipinski definition) is 6. The van der Waals surface area contributed by atoms with Crippen molar-refractivity contribution < 1.29 is 14.4 Å². The summed E-state index contributed by atoms with van der Waals surface area (Å²) in [7, 11) is -4.31. The molecule has 3 aromatic heterocycles. The van der Waals surface area contributed by atoms with E-state index in [-0.39, 0.29) is 10.4 Å². The average molecular weight is 401 g/mol. The lowest BCUT2D eigenvalue weighted by atomic mass is 10.1. The number of fused-ring (bicyclic) bond motifs is 1. The number of aryl methyl sites for hydroxylation is 2. The number of aromatic nitrogens is 4. The van der Waals surface area contributed by atoms with Crippen molar-refractivity contribution in [1.29, 1.82) is 0 Å². The van der Waals surface area contributed by atoms with Gasteiger partial charge in [0.05, 0.1) is 4.88 Å². The van der Waals surface area contributed by atoms with E-state index in [4.69, 9.17) is 5.73 Å². The molecule has 3 heterocycles. The van der Waals surface area contributed by atoms with Crippen LogP contribution in [0, 0.1) is 0 Å². The molecule has 0 aliphatic rings. The van der Waals surface area contributed by atoms with Crippen LogP contribution in [0.25, 0.3) is 21.9 Å². The van der Waals surface area contributed by atoms with Crippen LogP contribution in [0.2, 0.25) is 0 Å². The lowest BCUT2D eigenvalue weighted by Crippen LogP contribution is -2.04. The Kier molecular flexibility index (Phi) is 4.53. The van der Waals surface area contributed by atoms with Gasteiger partial charge in [-0.15, -0.1) is 11.3 Å². The Morgan fingerprint density at radius 3 is 2.59 bits per heavy atom. The van der Waals surface area contributed by atoms with E-state index in [1.54, 1.807) is 6.07 Å². The second-order valence-electron chi connectivity index (χ2n) is 5.94. The van der Waals surface area contributed by atoms with Crippen molar-refractivity contribution in [3.05, 3.63) is 54.4 Å². The number of anilines is 1. The van der Waals surface area contributed by atoms with Crippen molar-refractivity contribution >= 4 is 40.5 Å². The molecule has 0 radical (unpaired) electrons. The van der Waals surface area contributed by atoms with Crippen LogP contribution in [-0.4, -0.2) is 29.3 Å². The summed E-state index contributed by atoms with van der Waals surface area (Å²) in [6, 6.07) is 13.1. The molecule has 1 aromatic carbocycles. The van der Waals surface area contributed by atoms with E-state index in [9.17, 15) is 14.4 Å². The van der Waals surface area contributed by atoms with Gasteiger partial charge in [-0.25, -0.2) is 15.0 Å². The van der Waals surface area contributed by atoms with Gasteiger partial charge in [-0.2, -0.15) is 0 Å². The molecule has 10 heteroatoms. The molecule has 0 amide bonds. The van der Waals surface area contributed by atoms with Gasteiger partial charge in [-0.05, 0) is 24.1 Å². The molecule has 0 fully saturated rings. The molecule has 0 unspecified atom stereocenters. The third-order valence-corrected chi connectivity index (χ3v) is 6.72. The molecule has 0 aliphatic heterocycles. The SMILES string of the molecule is Nc1ncnc2c1nc(-c1ccc(P(=O)(O)O)s1)n2CCc1ccccc1. The maximum Gasteiger partial charge on any atom is 0.366 e. The summed E-state index contributed by atoms with van der Waals surface area (Å²) >= 11 is 1.01. The normalized spacial score (nSPS) is 11.9. The number of rotatable bonds is 5. The highest BCUT2D eigenvalue weighted by atomic mass is 32.1. The zero-order valence-electron chi connectivity index (χ0n) is 14.1. The second-order valence-corrected chi connectivity index (χ2v) is 8.89. The van der Waals surface area contributed by atoms with Gasteiger partial charge < -0.3 is 20.1 Å². The van der Waals surface area contributed by atoms with E-state index in [1.165, 1.54) is 12.4 Å². The predicted octanol–water partition coefficient (Wildman–Crippen LogP) is 2.18. The quantitative estimate of drug-likeness (QED) is 0.437. The maximum atomic E-state index is 11.5. The van der Waals surface area contributed by atoms with Crippen molar-refractivity contribution in [3.63, 3.8) is 0 Å². The fraction of sp³-hybridized carbons (Fsp3) is 0.118. The highest BCUT2D eigenvalue weighted by Crippen LogP contribution is 2.39. The van der Waals surface area contributed by atoms with Crippen LogP contribution in [-0.2, 0) is 17.5 Å². The van der Waals surface area contributed by atoms with E-state index in [0.717, 1.165) is 23.3 Å². The Hall–Kier alpha value is -2.58. The topological polar surface area (TPSA) is 127 Å². The van der Waals surface area contributed by atoms with Crippen LogP contribution in [0.4, 0.5) is 5.82 Å². The van der Waals surface area contributed by atoms with Gasteiger partial charge in [0.2, 0.25) is 0 Å². The zero-order chi connectivity index (χ0) is 19.0. The van der Waals surface area contributed by atoms with Gasteiger partial charge in [0.15, 0.2) is 22.8 Å². The van der Waals surface area contributed by atoms with Crippen molar-refractivity contribution in [2.75, 3.05) is 5.73 Å². The van der Waals surface area contributed by atoms with Crippen molar-refractivity contribution in [2.45, 2.75) is 13.0 Å². The van der Waals surface area contributed by atoms with E-state index in [1.807, 2.05) is 34.9 Å². The Balaban J connectivity index is 1.80. The number of nitrogen functional groups attached to an aromatic ring is 1. The van der Waals surface area contributed by atoms with Crippen molar-refractivity contribution in [2.24, 2.45) is 0 Å². The highest BCUT2D eigenvalue weighted by Gasteiger charge is 2.23. The Bertz CT molecular complexity index is 1150. The van der Waals surface area contributed by atoms with Gasteiger partial charge in [-0.3, -0.25) is 4.57 Å². The molecule has 138 valence electrons. The number of imidazole rings is 1. The Morgan fingerprint density at radius 1 is 1.11 bits per heavy atom. The second kappa shape index (κ2) is 6.86. The number of hydrogen-bond donors (Lipinski definition) is 3. The van der Waals surface area contributed by atoms with E-state index >= 15 is 0 Å². The van der Waals surface area contributed by atoms with E-state index < -0.39 is 7.60 Å². The molecule has 4 aromatic rings. The molecule has 0 spiro atoms. The number of thiophene rings is 1. The smallest absolute Gasteiger partial charge is 0.366 e. The minimum atomic E-state index is -4.31. The van der Waals surface area contributed by atoms with Gasteiger partial charge >= 0.3 is 7.60 Å². The summed E-state index contributed by atoms with van der Waals surface area (Å²) in [6.45, 7) is 0.593. The van der Waals surface area contributed by atoms with Crippen LogP contribution in [0.5, 0.6) is 0 Å². The summed E-state index contributed by atoms with van der Waals surface area (Å²) < 4.78 is 13.4. The first-order valence-corrected chi connectivity index (χ1v) is 10.5. The van der Waals surface area contributed by atoms with Gasteiger partial charge in [0.25, 0.3) is 0 Å². The predicted molar refractivity (Wildman–Crippen MR) is 105 cm³/mol. The standard InChI is InChI=1S/C17H16N5O3PS/c18-15-14-17(20-10-19-15)22(9-8-11-4-2-1-3-5-11)16(21-14)12-6-7-13(27-12)26(23,24)25/h1-7,10H,8-9H2,(H2,18,19,20)(H2,23,24,25). The lowest BCUT2D eigenvalue weighted by Gasteiger charge is -2.08. The first-order valence-electron chi connectivity index (χ1n) is 8.10. The van der Waals surface area contributed by atoms with Crippen LogP contribution < -0.4 is 10.4 Å². The van der Waals surface area contributed by atoms with Crippen molar-refractivity contribution in [1.82, 2.24) is 19.5 Å². The molecular weight excluding hydrogens is 385 g/mol. The molecular formula is C17H16N5O3PS. The van der Waals surface area contributed by atoms with Crippen LogP contribution in [0.15, 0.2) is 48.8 Å². The molecule has 27 heavy (non-hydrogen) atoms. The van der Waals surface area contributed by atoms with Crippen LogP contribution in [0.1, 0.15) is 5.56 Å². The summed E-state index contributed by atoms with van der Waals surface area (Å²) in [6.07, 6.45) is 2.14. The Labute approximate surface area is 158 Å². The maximum absolute atomic E-state index is 11.5. The molecule has 0 aliphatic carbocycles. The molecule has 8 nitrogen and oxygen atoms in total. The molecule has 0 saturated carbocycles. The first-order chi connectivity index (χ1) is 12.9. The fourth-order valence-electron chi connectivity index (χ4n) is 2.84. The summed E-state index contributed by atoms with van der Waals surface area (Å²) in [5, 5.41) is 0. The number of nitrogens with two attached hydrogens (primary N) is 1. The molecule has 4 N–H and O–H groups in total. The van der Waals surface area contributed by atoms with Crippen LogP contribution in [0.3, 0.4) is 0 Å². The Morgan fingerprint density at radius 2 is 1.89 bits per heavy atom. The molecule has 4 rings (SSSR count). The summed E-state index contributed by atoms with van der Waals surface area (Å²) in [5.74, 6) is 0.837. The summed E-state index contributed by atoms with van der Waals surface area (Å²) in [4.78, 5) is 32.3. The highest BCUT2D eigenvalue weighted by molar-refractivity contribution is 7.67. The van der Waals surface area contributed by atoms with E-state index in [2.05, 4.69) is 15.0 Å². The van der Waals surface area contributed by atoms with Gasteiger partial charge in [0, 0.05) is 6.54 Å². The first kappa shape index (κ1) is 17.8. The lowest BCUT2D eigenvalue weighted by molar-refractivity contribution is 0.388. The summed E-state index contributed by atoms with van der Waals surface area (Å²) in [5.41, 5.74) is 8.19. The third-order valence-electron chi connectivity index (χ3n) is 4.13. The molecule has 0 saturated heterocycles. The fourth-order valence-corrected chi connectivity index (χ4v) is 4.63. The number of benzene rings is 1.